The minimum absolute atomic E-state index is 0.0294. The molecule has 42 heavy (non-hydrogen) atoms. The normalized spacial score (nSPS) is 36.3. The Bertz CT molecular complexity index is 945. The zero-order valence-electron chi connectivity index (χ0n) is 26.1. The molecule has 8 nitrogen and oxygen atoms in total. The molecule has 0 spiro atoms. The molecule has 7 unspecified atom stereocenters. The van der Waals surface area contributed by atoms with Gasteiger partial charge >= 0.3 is 0 Å². The van der Waals surface area contributed by atoms with E-state index in [4.69, 9.17) is 11.5 Å². The maximum absolute atomic E-state index is 14.5. The SMILES string of the molecule is CCC1(C)CCC(F)C=NC(C(C(=O)NC2CNC(C3CCCCC3)CC2C2CCN(C(=O)C3CC3)CC2)C(N)N)C1. The van der Waals surface area contributed by atoms with Crippen molar-refractivity contribution < 1.29 is 14.0 Å². The Hall–Kier alpha value is -1.58. The first-order chi connectivity index (χ1) is 20.2. The summed E-state index contributed by atoms with van der Waals surface area (Å²) in [6, 6.07) is -0.00227. The van der Waals surface area contributed by atoms with Crippen LogP contribution in [0.25, 0.3) is 0 Å². The highest BCUT2D eigenvalue weighted by Crippen LogP contribution is 2.40. The monoisotopic (exact) mass is 588 g/mol. The molecule has 238 valence electrons. The number of likely N-dealkylation sites (tertiary alicyclic amines) is 1. The Labute approximate surface area is 252 Å². The summed E-state index contributed by atoms with van der Waals surface area (Å²) in [7, 11) is 0. The fourth-order valence-corrected chi connectivity index (χ4v) is 8.53. The average Bonchev–Trinajstić information content (AvgIpc) is 3.84. The van der Waals surface area contributed by atoms with Gasteiger partial charge in [-0.05, 0) is 87.4 Å². The minimum Gasteiger partial charge on any atom is -0.351 e. The van der Waals surface area contributed by atoms with E-state index in [9.17, 15) is 14.0 Å². The lowest BCUT2D eigenvalue weighted by Crippen LogP contribution is -2.62. The average molecular weight is 589 g/mol. The second-order valence-corrected chi connectivity index (χ2v) is 14.8. The van der Waals surface area contributed by atoms with Gasteiger partial charge in [0.1, 0.15) is 6.17 Å². The maximum atomic E-state index is 14.5. The van der Waals surface area contributed by atoms with Gasteiger partial charge < -0.3 is 27.0 Å². The molecule has 7 atom stereocenters. The van der Waals surface area contributed by atoms with Crippen LogP contribution in [0.5, 0.6) is 0 Å². The Balaban J connectivity index is 1.30. The highest BCUT2D eigenvalue weighted by Gasteiger charge is 2.44. The topological polar surface area (TPSA) is 126 Å². The second kappa shape index (κ2) is 14.0. The van der Waals surface area contributed by atoms with E-state index < -0.39 is 24.3 Å². The van der Waals surface area contributed by atoms with E-state index in [0.29, 0.717) is 42.5 Å². The molecular formula is C33H57FN6O2. The summed E-state index contributed by atoms with van der Waals surface area (Å²) in [5.41, 5.74) is 12.5. The van der Waals surface area contributed by atoms with Crippen molar-refractivity contribution in [3.8, 4) is 0 Å². The number of hydrogen-bond acceptors (Lipinski definition) is 6. The van der Waals surface area contributed by atoms with E-state index in [1.165, 1.54) is 38.3 Å². The van der Waals surface area contributed by atoms with Gasteiger partial charge in [0.05, 0.1) is 18.1 Å². The van der Waals surface area contributed by atoms with Gasteiger partial charge in [0, 0.05) is 43.9 Å². The van der Waals surface area contributed by atoms with Crippen molar-refractivity contribution in [2.45, 2.75) is 134 Å². The summed E-state index contributed by atoms with van der Waals surface area (Å²) in [6.07, 6.45) is 13.8. The lowest BCUT2D eigenvalue weighted by molar-refractivity contribution is -0.134. The number of nitrogens with one attached hydrogen (secondary N) is 2. The van der Waals surface area contributed by atoms with Crippen LogP contribution in [-0.4, -0.2) is 73.0 Å². The highest BCUT2D eigenvalue weighted by atomic mass is 19.1. The Kier molecular flexibility index (Phi) is 10.6. The molecule has 6 N–H and O–H groups in total. The standard InChI is InChI=1S/C33H57FN6O2/c1-3-33(2)14-11-24(34)19-37-27(18-33)29(30(35)36)31(41)39-28-20-38-26(22-7-5-4-6-8-22)17-25(28)21-12-15-40(16-13-21)32(42)23-9-10-23/h19,21-30,38H,3-18,20,35-36H2,1-2H3,(H,39,41). The third-order valence-corrected chi connectivity index (χ3v) is 11.7. The third kappa shape index (κ3) is 7.73. The lowest BCUT2D eigenvalue weighted by Gasteiger charge is -2.47. The van der Waals surface area contributed by atoms with Gasteiger partial charge in [0.2, 0.25) is 11.8 Å². The van der Waals surface area contributed by atoms with Gasteiger partial charge in [-0.15, -0.1) is 0 Å². The fourth-order valence-electron chi connectivity index (χ4n) is 8.53. The van der Waals surface area contributed by atoms with Crippen LogP contribution in [0.3, 0.4) is 0 Å². The molecule has 5 aliphatic rings. The van der Waals surface area contributed by atoms with Gasteiger partial charge in [0.25, 0.3) is 0 Å². The predicted octanol–water partition coefficient (Wildman–Crippen LogP) is 3.92. The molecule has 4 fully saturated rings. The molecule has 2 aliphatic carbocycles. The first-order valence-electron chi connectivity index (χ1n) is 17.2. The van der Waals surface area contributed by atoms with E-state index >= 15 is 0 Å². The number of rotatable bonds is 8. The lowest BCUT2D eigenvalue weighted by atomic mass is 9.70. The maximum Gasteiger partial charge on any atom is 0.228 e. The number of alkyl halides is 1. The minimum atomic E-state index is -1.11. The summed E-state index contributed by atoms with van der Waals surface area (Å²) < 4.78 is 14.5. The molecule has 0 radical (unpaired) electrons. The second-order valence-electron chi connectivity index (χ2n) is 14.8. The molecular weight excluding hydrogens is 531 g/mol. The molecule has 5 rings (SSSR count). The number of carbonyl (C=O) groups excluding carboxylic acids is 2. The largest absolute Gasteiger partial charge is 0.351 e. The van der Waals surface area contributed by atoms with Crippen LogP contribution in [0.2, 0.25) is 0 Å². The first kappa shape index (κ1) is 31.8. The van der Waals surface area contributed by atoms with Crippen molar-refractivity contribution in [2.24, 2.45) is 51.5 Å². The quantitative estimate of drug-likeness (QED) is 0.320. The van der Waals surface area contributed by atoms with Crippen LogP contribution in [0.1, 0.15) is 104 Å². The number of nitrogens with two attached hydrogens (primary N) is 2. The molecule has 3 aliphatic heterocycles. The van der Waals surface area contributed by atoms with Crippen molar-refractivity contribution in [3.05, 3.63) is 0 Å². The zero-order chi connectivity index (χ0) is 29.9. The van der Waals surface area contributed by atoms with Crippen LogP contribution in [-0.2, 0) is 9.59 Å². The summed E-state index contributed by atoms with van der Waals surface area (Å²) in [6.45, 7) is 6.67. The van der Waals surface area contributed by atoms with E-state index in [2.05, 4.69) is 34.4 Å². The molecule has 2 saturated carbocycles. The van der Waals surface area contributed by atoms with E-state index in [-0.39, 0.29) is 23.3 Å². The van der Waals surface area contributed by atoms with Gasteiger partial charge in [0.15, 0.2) is 0 Å². The number of amides is 2. The van der Waals surface area contributed by atoms with Crippen LogP contribution in [0, 0.1) is 35.0 Å². The van der Waals surface area contributed by atoms with Crippen molar-refractivity contribution in [2.75, 3.05) is 19.6 Å². The van der Waals surface area contributed by atoms with E-state index in [1.807, 2.05) is 0 Å². The predicted molar refractivity (Wildman–Crippen MR) is 166 cm³/mol. The number of nitrogens with zero attached hydrogens (tertiary/aromatic N) is 2. The number of aliphatic imine (C=N–C) groups is 1. The van der Waals surface area contributed by atoms with Crippen molar-refractivity contribution in [1.29, 1.82) is 0 Å². The Morgan fingerprint density at radius 1 is 1.07 bits per heavy atom. The molecule has 2 saturated heterocycles. The Morgan fingerprint density at radius 3 is 2.43 bits per heavy atom. The van der Waals surface area contributed by atoms with Crippen LogP contribution in [0.15, 0.2) is 4.99 Å². The van der Waals surface area contributed by atoms with Gasteiger partial charge in [-0.1, -0.05) is 39.5 Å². The molecule has 0 aromatic carbocycles. The van der Waals surface area contributed by atoms with E-state index in [1.54, 1.807) is 0 Å². The third-order valence-electron chi connectivity index (χ3n) is 11.7. The molecule has 2 amide bonds. The highest BCUT2D eigenvalue weighted by molar-refractivity contribution is 5.81. The van der Waals surface area contributed by atoms with Gasteiger partial charge in [-0.2, -0.15) is 0 Å². The van der Waals surface area contributed by atoms with E-state index in [0.717, 1.165) is 64.6 Å². The molecule has 0 aromatic heterocycles. The zero-order valence-corrected chi connectivity index (χ0v) is 26.1. The van der Waals surface area contributed by atoms with Crippen molar-refractivity contribution in [3.63, 3.8) is 0 Å². The summed E-state index contributed by atoms with van der Waals surface area (Å²) >= 11 is 0. The summed E-state index contributed by atoms with van der Waals surface area (Å²) in [4.78, 5) is 33.5. The molecule has 0 aromatic rings. The van der Waals surface area contributed by atoms with Gasteiger partial charge in [-0.3, -0.25) is 14.6 Å². The van der Waals surface area contributed by atoms with Crippen LogP contribution >= 0.6 is 0 Å². The number of hydrogen-bond donors (Lipinski definition) is 4. The van der Waals surface area contributed by atoms with Gasteiger partial charge in [-0.25, -0.2) is 4.39 Å². The Morgan fingerprint density at radius 2 is 1.79 bits per heavy atom. The smallest absolute Gasteiger partial charge is 0.228 e. The number of halogens is 1. The molecule has 0 bridgehead atoms. The summed E-state index contributed by atoms with van der Waals surface area (Å²) in [5, 5.41) is 7.25. The molecule has 9 heteroatoms. The fraction of sp³-hybridized carbons (Fsp3) is 0.909. The first-order valence-corrected chi connectivity index (χ1v) is 17.2. The summed E-state index contributed by atoms with van der Waals surface area (Å²) in [5.74, 6) is 1.24. The van der Waals surface area contributed by atoms with Crippen LogP contribution < -0.4 is 22.1 Å². The molecule has 3 heterocycles. The van der Waals surface area contributed by atoms with Crippen LogP contribution in [0.4, 0.5) is 4.39 Å². The number of piperidine rings is 2. The number of carbonyl (C=O) groups is 2. The van der Waals surface area contributed by atoms with Crippen molar-refractivity contribution in [1.82, 2.24) is 15.5 Å². The van der Waals surface area contributed by atoms with Crippen molar-refractivity contribution >= 4 is 18.0 Å².